The third-order valence-corrected chi connectivity index (χ3v) is 4.46. The van der Waals surface area contributed by atoms with Crippen LogP contribution in [0.25, 0.3) is 0 Å². The van der Waals surface area contributed by atoms with Crippen molar-refractivity contribution in [2.45, 2.75) is 59.6 Å². The minimum Gasteiger partial charge on any atom is -0.481 e. The van der Waals surface area contributed by atoms with Crippen LogP contribution in [-0.4, -0.2) is 12.0 Å². The average molecular weight is 339 g/mol. The Morgan fingerprint density at radius 1 is 1.00 bits per heavy atom. The number of carbonyl (C=O) groups excluding carboxylic acids is 1. The molecule has 2 aromatic rings. The standard InChI is InChI=1S/C22H29NO2/c1-6-20(19-12-11-16(4)13-17(19)5)23-22(24)21(7-2)25-18-10-8-9-15(3)14-18/h8-14,20-21H,6-7H2,1-5H3,(H,23,24)/t20-,21-/m1/s1. The van der Waals surface area contributed by atoms with Crippen molar-refractivity contribution in [1.82, 2.24) is 5.32 Å². The van der Waals surface area contributed by atoms with E-state index in [-0.39, 0.29) is 11.9 Å². The van der Waals surface area contributed by atoms with E-state index in [1.807, 2.05) is 38.1 Å². The molecule has 0 bridgehead atoms. The predicted octanol–water partition coefficient (Wildman–Crippen LogP) is 5.04. The Balaban J connectivity index is 2.11. The van der Waals surface area contributed by atoms with E-state index in [0.717, 1.165) is 17.7 Å². The molecule has 1 amide bonds. The Bertz CT molecular complexity index is 724. The molecule has 3 nitrogen and oxygen atoms in total. The van der Waals surface area contributed by atoms with Gasteiger partial charge in [0.2, 0.25) is 0 Å². The summed E-state index contributed by atoms with van der Waals surface area (Å²) in [6.07, 6.45) is 0.987. The third kappa shape index (κ3) is 5.09. The van der Waals surface area contributed by atoms with Crippen molar-refractivity contribution in [3.8, 4) is 5.75 Å². The highest BCUT2D eigenvalue weighted by atomic mass is 16.5. The molecule has 1 N–H and O–H groups in total. The lowest BCUT2D eigenvalue weighted by atomic mass is 9.97. The van der Waals surface area contributed by atoms with Crippen LogP contribution in [0.3, 0.4) is 0 Å². The van der Waals surface area contributed by atoms with Crippen molar-refractivity contribution in [2.75, 3.05) is 0 Å². The first-order chi connectivity index (χ1) is 11.9. The number of carbonyl (C=O) groups is 1. The summed E-state index contributed by atoms with van der Waals surface area (Å²) in [5, 5.41) is 3.17. The van der Waals surface area contributed by atoms with Gasteiger partial charge in [0.25, 0.3) is 5.91 Å². The minimum absolute atomic E-state index is 0.00302. The van der Waals surface area contributed by atoms with E-state index in [9.17, 15) is 4.79 Å². The fourth-order valence-corrected chi connectivity index (χ4v) is 3.06. The van der Waals surface area contributed by atoms with Gasteiger partial charge in [-0.15, -0.1) is 0 Å². The van der Waals surface area contributed by atoms with Crippen LogP contribution in [0.15, 0.2) is 42.5 Å². The second-order valence-corrected chi connectivity index (χ2v) is 6.66. The van der Waals surface area contributed by atoms with Crippen molar-refractivity contribution in [2.24, 2.45) is 0 Å². The van der Waals surface area contributed by atoms with Crippen LogP contribution in [-0.2, 0) is 4.79 Å². The smallest absolute Gasteiger partial charge is 0.261 e. The van der Waals surface area contributed by atoms with Gasteiger partial charge in [-0.05, 0) is 62.4 Å². The molecule has 0 heterocycles. The molecule has 0 aliphatic rings. The molecule has 3 heteroatoms. The Morgan fingerprint density at radius 2 is 1.72 bits per heavy atom. The lowest BCUT2D eigenvalue weighted by Gasteiger charge is -2.24. The van der Waals surface area contributed by atoms with Crippen LogP contribution in [0.2, 0.25) is 0 Å². The molecular formula is C22H29NO2. The van der Waals surface area contributed by atoms with E-state index < -0.39 is 6.10 Å². The third-order valence-electron chi connectivity index (χ3n) is 4.46. The van der Waals surface area contributed by atoms with Crippen LogP contribution in [0.5, 0.6) is 5.75 Å². The summed E-state index contributed by atoms with van der Waals surface area (Å²) in [4.78, 5) is 12.7. The van der Waals surface area contributed by atoms with E-state index in [2.05, 4.69) is 44.3 Å². The predicted molar refractivity (Wildman–Crippen MR) is 103 cm³/mol. The van der Waals surface area contributed by atoms with E-state index in [0.29, 0.717) is 6.42 Å². The normalized spacial score (nSPS) is 13.2. The molecule has 2 rings (SSSR count). The summed E-state index contributed by atoms with van der Waals surface area (Å²) in [5.74, 6) is 0.678. The van der Waals surface area contributed by atoms with Crippen molar-refractivity contribution < 1.29 is 9.53 Å². The van der Waals surface area contributed by atoms with E-state index >= 15 is 0 Å². The van der Waals surface area contributed by atoms with E-state index in [1.54, 1.807) is 0 Å². The molecule has 0 aliphatic carbocycles. The number of ether oxygens (including phenoxy) is 1. The first-order valence-electron chi connectivity index (χ1n) is 9.05. The van der Waals surface area contributed by atoms with Crippen molar-refractivity contribution in [1.29, 1.82) is 0 Å². The molecule has 25 heavy (non-hydrogen) atoms. The van der Waals surface area contributed by atoms with Gasteiger partial charge in [0.15, 0.2) is 6.10 Å². The largest absolute Gasteiger partial charge is 0.481 e. The lowest BCUT2D eigenvalue weighted by Crippen LogP contribution is -2.40. The quantitative estimate of drug-likeness (QED) is 0.768. The number of benzene rings is 2. The van der Waals surface area contributed by atoms with Crippen LogP contribution in [0.4, 0.5) is 0 Å². The lowest BCUT2D eigenvalue weighted by molar-refractivity contribution is -0.128. The molecule has 134 valence electrons. The van der Waals surface area contributed by atoms with E-state index in [1.165, 1.54) is 16.7 Å². The Labute approximate surface area is 151 Å². The highest BCUT2D eigenvalue weighted by Crippen LogP contribution is 2.22. The number of aryl methyl sites for hydroxylation is 3. The molecule has 0 radical (unpaired) electrons. The maximum atomic E-state index is 12.7. The van der Waals surface area contributed by atoms with Crippen molar-refractivity contribution >= 4 is 5.91 Å². The van der Waals surface area contributed by atoms with Crippen LogP contribution < -0.4 is 10.1 Å². The second kappa shape index (κ2) is 8.70. The zero-order valence-corrected chi connectivity index (χ0v) is 15.9. The van der Waals surface area contributed by atoms with Crippen LogP contribution >= 0.6 is 0 Å². The Morgan fingerprint density at radius 3 is 2.32 bits per heavy atom. The molecule has 0 saturated heterocycles. The topological polar surface area (TPSA) is 38.3 Å². The highest BCUT2D eigenvalue weighted by Gasteiger charge is 2.22. The van der Waals surface area contributed by atoms with Crippen molar-refractivity contribution in [3.63, 3.8) is 0 Å². The zero-order valence-electron chi connectivity index (χ0n) is 15.9. The van der Waals surface area contributed by atoms with Gasteiger partial charge < -0.3 is 10.1 Å². The summed E-state index contributed by atoms with van der Waals surface area (Å²) >= 11 is 0. The molecule has 2 atom stereocenters. The summed E-state index contributed by atoms with van der Waals surface area (Å²) in [5.41, 5.74) is 4.73. The Kier molecular flexibility index (Phi) is 6.63. The summed E-state index contributed by atoms with van der Waals surface area (Å²) in [7, 11) is 0. The molecule has 2 aromatic carbocycles. The van der Waals surface area contributed by atoms with Crippen LogP contribution in [0.1, 0.15) is 55.0 Å². The average Bonchev–Trinajstić information content (AvgIpc) is 2.58. The number of hydrogen-bond acceptors (Lipinski definition) is 2. The Hall–Kier alpha value is -2.29. The van der Waals surface area contributed by atoms with Gasteiger partial charge in [-0.2, -0.15) is 0 Å². The second-order valence-electron chi connectivity index (χ2n) is 6.66. The minimum atomic E-state index is -0.485. The van der Waals surface area contributed by atoms with Gasteiger partial charge in [0.1, 0.15) is 5.75 Å². The molecule has 0 spiro atoms. The maximum absolute atomic E-state index is 12.7. The zero-order chi connectivity index (χ0) is 18.4. The molecule has 0 fully saturated rings. The highest BCUT2D eigenvalue weighted by molar-refractivity contribution is 5.81. The monoisotopic (exact) mass is 339 g/mol. The van der Waals surface area contributed by atoms with Gasteiger partial charge in [0, 0.05) is 0 Å². The maximum Gasteiger partial charge on any atom is 0.261 e. The number of hydrogen-bond donors (Lipinski definition) is 1. The number of nitrogens with one attached hydrogen (secondary N) is 1. The van der Waals surface area contributed by atoms with Crippen LogP contribution in [0, 0.1) is 20.8 Å². The number of amides is 1. The fraction of sp³-hybridized carbons (Fsp3) is 0.409. The van der Waals surface area contributed by atoms with Gasteiger partial charge in [0.05, 0.1) is 6.04 Å². The SMILES string of the molecule is CC[C@@H](Oc1cccc(C)c1)C(=O)N[C@H](CC)c1ccc(C)cc1C. The van der Waals surface area contributed by atoms with Gasteiger partial charge >= 0.3 is 0 Å². The summed E-state index contributed by atoms with van der Waals surface area (Å²) < 4.78 is 5.92. The van der Waals surface area contributed by atoms with E-state index in [4.69, 9.17) is 4.74 Å². The van der Waals surface area contributed by atoms with Gasteiger partial charge in [-0.1, -0.05) is 49.7 Å². The first kappa shape index (κ1) is 19.0. The van der Waals surface area contributed by atoms with Gasteiger partial charge in [-0.25, -0.2) is 0 Å². The molecule has 0 aliphatic heterocycles. The molecule has 0 unspecified atom stereocenters. The first-order valence-corrected chi connectivity index (χ1v) is 9.05. The summed E-state index contributed by atoms with van der Waals surface area (Å²) in [6, 6.07) is 14.2. The molecule has 0 saturated carbocycles. The number of rotatable bonds is 7. The molecular weight excluding hydrogens is 310 g/mol. The fourth-order valence-electron chi connectivity index (χ4n) is 3.06. The van der Waals surface area contributed by atoms with Gasteiger partial charge in [-0.3, -0.25) is 4.79 Å². The van der Waals surface area contributed by atoms with Crippen molar-refractivity contribution in [3.05, 3.63) is 64.7 Å². The molecule has 0 aromatic heterocycles. The summed E-state index contributed by atoms with van der Waals surface area (Å²) in [6.45, 7) is 10.3.